The van der Waals surface area contributed by atoms with E-state index in [1.54, 1.807) is 0 Å². The average molecular weight is 199 g/mol. The van der Waals surface area contributed by atoms with Gasteiger partial charge in [-0.05, 0) is 12.1 Å². The van der Waals surface area contributed by atoms with Crippen LogP contribution in [0.2, 0.25) is 0 Å². The van der Waals surface area contributed by atoms with Crippen LogP contribution in [-0.4, -0.2) is 11.0 Å². The van der Waals surface area contributed by atoms with Gasteiger partial charge in [-0.3, -0.25) is 5.32 Å². The van der Waals surface area contributed by atoms with Crippen molar-refractivity contribution in [2.24, 2.45) is 0 Å². The number of rotatable bonds is 0. The van der Waals surface area contributed by atoms with Gasteiger partial charge in [-0.15, -0.1) is 0 Å². The van der Waals surface area contributed by atoms with Gasteiger partial charge in [0.15, 0.2) is 0 Å². The van der Waals surface area contributed by atoms with Gasteiger partial charge in [-0.25, -0.2) is 9.78 Å². The molecule has 4 nitrogen and oxygen atoms in total. The van der Waals surface area contributed by atoms with Crippen LogP contribution >= 0.6 is 0 Å². The Hall–Kier alpha value is -2.10. The Morgan fingerprint density at radius 2 is 2.13 bits per heavy atom. The van der Waals surface area contributed by atoms with E-state index in [4.69, 9.17) is 0 Å². The number of urea groups is 1. The molecule has 3 rings (SSSR count). The molecule has 0 saturated carbocycles. The van der Waals surface area contributed by atoms with E-state index in [1.807, 2.05) is 30.3 Å². The predicted molar refractivity (Wildman–Crippen MR) is 57.6 cm³/mol. The summed E-state index contributed by atoms with van der Waals surface area (Å²) in [6.07, 6.45) is 0. The fourth-order valence-electron chi connectivity index (χ4n) is 1.73. The highest BCUT2D eigenvalue weighted by Crippen LogP contribution is 2.21. The van der Waals surface area contributed by atoms with Gasteiger partial charge < -0.3 is 5.32 Å². The molecule has 0 radical (unpaired) electrons. The van der Waals surface area contributed by atoms with Gasteiger partial charge in [-0.1, -0.05) is 18.2 Å². The fourth-order valence-corrected chi connectivity index (χ4v) is 1.73. The summed E-state index contributed by atoms with van der Waals surface area (Å²) in [6, 6.07) is 9.72. The van der Waals surface area contributed by atoms with Crippen LogP contribution in [0.3, 0.4) is 0 Å². The van der Waals surface area contributed by atoms with E-state index >= 15 is 0 Å². The highest BCUT2D eigenvalue weighted by atomic mass is 16.2. The summed E-state index contributed by atoms with van der Waals surface area (Å²) in [6.45, 7) is 0.541. The topological polar surface area (TPSA) is 54.0 Å². The number of para-hydroxylation sites is 1. The van der Waals surface area contributed by atoms with Gasteiger partial charge in [0.25, 0.3) is 0 Å². The lowest BCUT2D eigenvalue weighted by atomic mass is 10.1. The molecule has 0 aliphatic carbocycles. The van der Waals surface area contributed by atoms with E-state index in [0.29, 0.717) is 12.4 Å². The van der Waals surface area contributed by atoms with E-state index in [9.17, 15) is 4.79 Å². The van der Waals surface area contributed by atoms with Crippen LogP contribution in [0.15, 0.2) is 30.3 Å². The van der Waals surface area contributed by atoms with Crippen molar-refractivity contribution in [3.8, 4) is 0 Å². The van der Waals surface area contributed by atoms with Crippen LogP contribution in [-0.2, 0) is 6.54 Å². The summed E-state index contributed by atoms with van der Waals surface area (Å²) in [7, 11) is 0. The van der Waals surface area contributed by atoms with Gasteiger partial charge >= 0.3 is 6.03 Å². The van der Waals surface area contributed by atoms with E-state index in [1.165, 1.54) is 0 Å². The first kappa shape index (κ1) is 8.23. The molecule has 0 unspecified atom stereocenters. The summed E-state index contributed by atoms with van der Waals surface area (Å²) < 4.78 is 0. The molecular weight excluding hydrogens is 190 g/mol. The molecule has 1 aromatic carbocycles. The molecule has 2 amide bonds. The summed E-state index contributed by atoms with van der Waals surface area (Å²) in [4.78, 5) is 15.5. The minimum atomic E-state index is -0.190. The summed E-state index contributed by atoms with van der Waals surface area (Å²) in [5.41, 5.74) is 1.92. The highest BCUT2D eigenvalue weighted by molar-refractivity contribution is 5.93. The van der Waals surface area contributed by atoms with Crippen LogP contribution in [0.25, 0.3) is 10.9 Å². The molecule has 1 aliphatic heterocycles. The maximum Gasteiger partial charge on any atom is 0.320 e. The van der Waals surface area contributed by atoms with Crippen molar-refractivity contribution in [3.05, 3.63) is 35.9 Å². The van der Waals surface area contributed by atoms with Gasteiger partial charge in [0.2, 0.25) is 0 Å². The van der Waals surface area contributed by atoms with Crippen molar-refractivity contribution in [3.63, 3.8) is 0 Å². The molecule has 15 heavy (non-hydrogen) atoms. The average Bonchev–Trinajstić information content (AvgIpc) is 2.26. The van der Waals surface area contributed by atoms with E-state index in [0.717, 1.165) is 16.5 Å². The Balaban J connectivity index is 2.24. The summed E-state index contributed by atoms with van der Waals surface area (Å²) in [5.74, 6) is 0.664. The first-order valence-electron chi connectivity index (χ1n) is 4.76. The third-order valence-electron chi connectivity index (χ3n) is 2.47. The zero-order chi connectivity index (χ0) is 10.3. The van der Waals surface area contributed by atoms with E-state index < -0.39 is 0 Å². The van der Waals surface area contributed by atoms with Gasteiger partial charge in [0, 0.05) is 17.5 Å². The van der Waals surface area contributed by atoms with Crippen molar-refractivity contribution in [1.29, 1.82) is 0 Å². The molecule has 0 saturated heterocycles. The molecule has 0 fully saturated rings. The highest BCUT2D eigenvalue weighted by Gasteiger charge is 2.15. The van der Waals surface area contributed by atoms with Crippen molar-refractivity contribution in [1.82, 2.24) is 10.3 Å². The minimum absolute atomic E-state index is 0.190. The van der Waals surface area contributed by atoms with Gasteiger partial charge in [0.05, 0.1) is 5.52 Å². The Bertz CT molecular complexity index is 551. The third kappa shape index (κ3) is 1.30. The monoisotopic (exact) mass is 199 g/mol. The van der Waals surface area contributed by atoms with Crippen LogP contribution < -0.4 is 10.6 Å². The number of carbonyl (C=O) groups excluding carboxylic acids is 1. The van der Waals surface area contributed by atoms with Crippen LogP contribution in [0.5, 0.6) is 0 Å². The molecule has 0 bridgehead atoms. The zero-order valence-electron chi connectivity index (χ0n) is 7.95. The largest absolute Gasteiger partial charge is 0.334 e. The number of aromatic nitrogens is 1. The number of amides is 2. The molecule has 0 spiro atoms. The Morgan fingerprint density at radius 1 is 1.27 bits per heavy atom. The van der Waals surface area contributed by atoms with Crippen LogP contribution in [0.1, 0.15) is 5.56 Å². The van der Waals surface area contributed by atoms with Crippen molar-refractivity contribution >= 4 is 22.8 Å². The first-order valence-corrected chi connectivity index (χ1v) is 4.76. The summed E-state index contributed by atoms with van der Waals surface area (Å²) >= 11 is 0. The van der Waals surface area contributed by atoms with Gasteiger partial charge in [0.1, 0.15) is 5.82 Å². The lowest BCUT2D eigenvalue weighted by Gasteiger charge is -2.17. The molecule has 74 valence electrons. The van der Waals surface area contributed by atoms with Crippen LogP contribution in [0.4, 0.5) is 10.6 Å². The number of nitrogens with one attached hydrogen (secondary N) is 2. The lowest BCUT2D eigenvalue weighted by Crippen LogP contribution is -2.33. The standard InChI is InChI=1S/C11H9N3O/c15-11-12-6-8-5-7-3-1-2-4-9(7)13-10(8)14-11/h1-5H,6H2,(H2,12,13,14,15). The third-order valence-corrected chi connectivity index (χ3v) is 2.47. The molecule has 2 heterocycles. The van der Waals surface area contributed by atoms with Crippen molar-refractivity contribution in [2.45, 2.75) is 6.54 Å². The number of pyridine rings is 1. The summed E-state index contributed by atoms with van der Waals surface area (Å²) in [5, 5.41) is 6.50. The number of carbonyl (C=O) groups is 1. The number of fused-ring (bicyclic) bond motifs is 2. The van der Waals surface area contributed by atoms with Gasteiger partial charge in [-0.2, -0.15) is 0 Å². The number of benzene rings is 1. The predicted octanol–water partition coefficient (Wildman–Crippen LogP) is 1.87. The number of hydrogen-bond donors (Lipinski definition) is 2. The first-order chi connectivity index (χ1) is 7.33. The smallest absolute Gasteiger partial charge is 0.320 e. The molecule has 2 aromatic rings. The van der Waals surface area contributed by atoms with E-state index in [2.05, 4.69) is 15.6 Å². The van der Waals surface area contributed by atoms with Crippen molar-refractivity contribution in [2.75, 3.05) is 5.32 Å². The lowest BCUT2D eigenvalue weighted by molar-refractivity contribution is 0.250. The minimum Gasteiger partial charge on any atom is -0.334 e. The molecule has 0 atom stereocenters. The SMILES string of the molecule is O=C1NCc2cc3ccccc3nc2N1. The van der Waals surface area contributed by atoms with Crippen molar-refractivity contribution < 1.29 is 4.79 Å². The molecule has 1 aromatic heterocycles. The molecule has 1 aliphatic rings. The maximum atomic E-state index is 11.1. The number of anilines is 1. The normalized spacial score (nSPS) is 14.3. The second kappa shape index (κ2) is 2.95. The van der Waals surface area contributed by atoms with E-state index in [-0.39, 0.29) is 6.03 Å². The molecular formula is C11H9N3O. The Kier molecular flexibility index (Phi) is 1.62. The molecule has 2 N–H and O–H groups in total. The van der Waals surface area contributed by atoms with Crippen LogP contribution in [0, 0.1) is 0 Å². The fraction of sp³-hybridized carbons (Fsp3) is 0.0909. The Labute approximate surface area is 86.3 Å². The maximum absolute atomic E-state index is 11.1. The zero-order valence-corrected chi connectivity index (χ0v) is 7.95. The number of nitrogens with zero attached hydrogens (tertiary/aromatic N) is 1. The Morgan fingerprint density at radius 3 is 3.07 bits per heavy atom. The quantitative estimate of drug-likeness (QED) is 0.680. The number of hydrogen-bond acceptors (Lipinski definition) is 2. The molecule has 4 heteroatoms. The second-order valence-electron chi connectivity index (χ2n) is 3.50. The second-order valence-corrected chi connectivity index (χ2v) is 3.50.